The number of carbonyl (C=O) groups excluding carboxylic acids is 1. The Morgan fingerprint density at radius 1 is 1.27 bits per heavy atom. The molecule has 0 radical (unpaired) electrons. The van der Waals surface area contributed by atoms with E-state index in [0.717, 1.165) is 5.57 Å². The normalized spacial score (nSPS) is 16.4. The van der Waals surface area contributed by atoms with Crippen molar-refractivity contribution in [3.05, 3.63) is 28.3 Å². The first-order valence-electron chi connectivity index (χ1n) is 9.08. The lowest BCUT2D eigenvalue weighted by Gasteiger charge is -2.25. The van der Waals surface area contributed by atoms with Gasteiger partial charge in [0.1, 0.15) is 28.9 Å². The van der Waals surface area contributed by atoms with Crippen molar-refractivity contribution < 1.29 is 24.9 Å². The van der Waals surface area contributed by atoms with Crippen LogP contribution in [0.5, 0.6) is 17.2 Å². The molecule has 1 aliphatic heterocycles. The lowest BCUT2D eigenvalue weighted by molar-refractivity contribution is -0.0232. The summed E-state index contributed by atoms with van der Waals surface area (Å²) in [5.74, 6) is -0.162. The zero-order chi connectivity index (χ0) is 19.8. The predicted octanol–water partition coefficient (Wildman–Crippen LogP) is 3.91. The Morgan fingerprint density at radius 3 is 2.38 bits per heavy atom. The minimum absolute atomic E-state index is 0.0529. The molecule has 0 amide bonds. The highest BCUT2D eigenvalue weighted by Crippen LogP contribution is 2.48. The van der Waals surface area contributed by atoms with Crippen LogP contribution in [0.25, 0.3) is 0 Å². The molecule has 144 valence electrons. The third-order valence-electron chi connectivity index (χ3n) is 4.62. The van der Waals surface area contributed by atoms with Crippen LogP contribution in [0.2, 0.25) is 0 Å². The van der Waals surface area contributed by atoms with Gasteiger partial charge < -0.3 is 20.1 Å². The zero-order valence-electron chi connectivity index (χ0n) is 16.5. The van der Waals surface area contributed by atoms with Crippen molar-refractivity contribution in [2.24, 2.45) is 5.92 Å². The van der Waals surface area contributed by atoms with Crippen LogP contribution in [-0.4, -0.2) is 32.8 Å². The molecule has 5 nitrogen and oxygen atoms in total. The van der Waals surface area contributed by atoms with Crippen molar-refractivity contribution in [1.82, 2.24) is 0 Å². The first-order valence-corrected chi connectivity index (χ1v) is 9.08. The standard InChI is InChI=1S/C21H30O5/c1-11(2)7-8-13-18(23)14-10-16(21(5,6)25)26-20(14)17(19(13)24)15(22)9-12(3)4/h7,12,16,23-25H,8-10H2,1-6H3. The summed E-state index contributed by atoms with van der Waals surface area (Å²) in [6, 6.07) is 0. The summed E-state index contributed by atoms with van der Waals surface area (Å²) < 4.78 is 5.84. The molecule has 0 aliphatic carbocycles. The Bertz CT molecular complexity index is 734. The molecule has 1 aromatic rings. The second kappa shape index (κ2) is 7.31. The highest BCUT2D eigenvalue weighted by atomic mass is 16.5. The maximum Gasteiger partial charge on any atom is 0.170 e. The second-order valence-corrected chi connectivity index (χ2v) is 8.33. The second-order valence-electron chi connectivity index (χ2n) is 8.33. The van der Waals surface area contributed by atoms with Crippen molar-refractivity contribution in [1.29, 1.82) is 0 Å². The summed E-state index contributed by atoms with van der Waals surface area (Å²) >= 11 is 0. The number of carbonyl (C=O) groups is 1. The summed E-state index contributed by atoms with van der Waals surface area (Å²) in [6.07, 6.45) is 2.17. The monoisotopic (exact) mass is 362 g/mol. The quantitative estimate of drug-likeness (QED) is 0.527. The molecule has 3 N–H and O–H groups in total. The number of fused-ring (bicyclic) bond motifs is 1. The SMILES string of the molecule is CC(C)=CCc1c(O)c2c(c(C(=O)CC(C)C)c1O)OC(C(C)(C)O)C2. The third kappa shape index (κ3) is 4.04. The Labute approximate surface area is 155 Å². The van der Waals surface area contributed by atoms with Crippen molar-refractivity contribution in [2.45, 2.75) is 72.5 Å². The predicted molar refractivity (Wildman–Crippen MR) is 101 cm³/mol. The number of aliphatic hydroxyl groups is 1. The van der Waals surface area contributed by atoms with Crippen LogP contribution in [0.15, 0.2) is 11.6 Å². The molecule has 0 saturated carbocycles. The summed E-state index contributed by atoms with van der Waals surface area (Å²) in [5, 5.41) is 31.8. The van der Waals surface area contributed by atoms with Gasteiger partial charge in [0.25, 0.3) is 0 Å². The van der Waals surface area contributed by atoms with E-state index in [2.05, 4.69) is 0 Å². The number of Topliss-reactive ketones (excluding diaryl/α,β-unsaturated/α-hetero) is 1. The van der Waals surface area contributed by atoms with Gasteiger partial charge in [0, 0.05) is 24.0 Å². The topological polar surface area (TPSA) is 87.0 Å². The number of benzene rings is 1. The number of rotatable bonds is 6. The maximum atomic E-state index is 12.8. The molecular weight excluding hydrogens is 332 g/mol. The van der Waals surface area contributed by atoms with E-state index < -0.39 is 11.7 Å². The molecule has 26 heavy (non-hydrogen) atoms. The van der Waals surface area contributed by atoms with Gasteiger partial charge in [-0.15, -0.1) is 0 Å². The first-order chi connectivity index (χ1) is 11.9. The molecule has 1 aliphatic rings. The number of phenolic OH excluding ortho intramolecular Hbond substituents is 2. The lowest BCUT2D eigenvalue weighted by atomic mass is 9.90. The van der Waals surface area contributed by atoms with Crippen LogP contribution in [0.4, 0.5) is 0 Å². The highest BCUT2D eigenvalue weighted by molar-refractivity contribution is 6.03. The summed E-state index contributed by atoms with van der Waals surface area (Å²) in [4.78, 5) is 12.8. The van der Waals surface area contributed by atoms with E-state index in [1.807, 2.05) is 33.8 Å². The first kappa shape index (κ1) is 20.3. The number of allylic oxidation sites excluding steroid dienone is 2. The zero-order valence-corrected chi connectivity index (χ0v) is 16.5. The van der Waals surface area contributed by atoms with Crippen molar-refractivity contribution >= 4 is 5.78 Å². The van der Waals surface area contributed by atoms with Gasteiger partial charge in [-0.1, -0.05) is 25.5 Å². The van der Waals surface area contributed by atoms with Crippen molar-refractivity contribution in [3.8, 4) is 17.2 Å². The molecule has 0 saturated heterocycles. The Morgan fingerprint density at radius 2 is 1.88 bits per heavy atom. The Balaban J connectivity index is 2.63. The van der Waals surface area contributed by atoms with Crippen LogP contribution in [0.3, 0.4) is 0 Å². The van der Waals surface area contributed by atoms with E-state index in [-0.39, 0.29) is 47.4 Å². The van der Waals surface area contributed by atoms with E-state index in [1.165, 1.54) is 0 Å². The van der Waals surface area contributed by atoms with Crippen molar-refractivity contribution in [3.63, 3.8) is 0 Å². The maximum absolute atomic E-state index is 12.8. The van der Waals surface area contributed by atoms with Crippen LogP contribution >= 0.6 is 0 Å². The van der Waals surface area contributed by atoms with Gasteiger partial charge in [0.15, 0.2) is 5.78 Å². The summed E-state index contributed by atoms with van der Waals surface area (Å²) in [5.41, 5.74) is 0.844. The Kier molecular flexibility index (Phi) is 5.71. The van der Waals surface area contributed by atoms with E-state index in [0.29, 0.717) is 17.5 Å². The number of aromatic hydroxyl groups is 2. The number of hydrogen-bond acceptors (Lipinski definition) is 5. The lowest BCUT2D eigenvalue weighted by Crippen LogP contribution is -2.39. The average molecular weight is 362 g/mol. The number of hydrogen-bond donors (Lipinski definition) is 3. The minimum Gasteiger partial charge on any atom is -0.507 e. The van der Waals surface area contributed by atoms with Gasteiger partial charge in [-0.05, 0) is 40.0 Å². The smallest absolute Gasteiger partial charge is 0.170 e. The van der Waals surface area contributed by atoms with E-state index in [9.17, 15) is 20.1 Å². The highest BCUT2D eigenvalue weighted by Gasteiger charge is 2.40. The summed E-state index contributed by atoms with van der Waals surface area (Å²) in [6.45, 7) is 11.0. The van der Waals surface area contributed by atoms with Gasteiger partial charge in [-0.3, -0.25) is 4.79 Å². The van der Waals surface area contributed by atoms with Crippen LogP contribution < -0.4 is 4.74 Å². The van der Waals surface area contributed by atoms with Crippen molar-refractivity contribution in [2.75, 3.05) is 0 Å². The fraction of sp³-hybridized carbons (Fsp3) is 0.571. The molecule has 0 fully saturated rings. The van der Waals surface area contributed by atoms with E-state index >= 15 is 0 Å². The van der Waals surface area contributed by atoms with Gasteiger partial charge in [0.05, 0.1) is 5.60 Å². The van der Waals surface area contributed by atoms with E-state index in [4.69, 9.17) is 4.74 Å². The number of phenols is 2. The van der Waals surface area contributed by atoms with Crippen LogP contribution in [-0.2, 0) is 12.8 Å². The number of ether oxygens (including phenoxy) is 1. The van der Waals surface area contributed by atoms with Gasteiger partial charge in [-0.25, -0.2) is 0 Å². The molecule has 1 aromatic carbocycles. The third-order valence-corrected chi connectivity index (χ3v) is 4.62. The van der Waals surface area contributed by atoms with E-state index in [1.54, 1.807) is 13.8 Å². The largest absolute Gasteiger partial charge is 0.507 e. The summed E-state index contributed by atoms with van der Waals surface area (Å²) in [7, 11) is 0. The molecule has 0 aromatic heterocycles. The van der Waals surface area contributed by atoms with Gasteiger partial charge in [-0.2, -0.15) is 0 Å². The number of ketones is 1. The minimum atomic E-state index is -1.14. The molecule has 1 unspecified atom stereocenters. The van der Waals surface area contributed by atoms with Crippen LogP contribution in [0.1, 0.15) is 69.4 Å². The molecule has 0 spiro atoms. The molecule has 5 heteroatoms. The molecule has 2 rings (SSSR count). The molecule has 0 bridgehead atoms. The van der Waals surface area contributed by atoms with Gasteiger partial charge in [0.2, 0.25) is 0 Å². The average Bonchev–Trinajstić information content (AvgIpc) is 2.91. The van der Waals surface area contributed by atoms with Gasteiger partial charge >= 0.3 is 0 Å². The molecular formula is C21H30O5. The Hall–Kier alpha value is -2.01. The fourth-order valence-electron chi connectivity index (χ4n) is 3.12. The fourth-order valence-corrected chi connectivity index (χ4v) is 3.12. The van der Waals surface area contributed by atoms with Crippen LogP contribution in [0, 0.1) is 5.92 Å². The molecule has 1 heterocycles. The molecule has 1 atom stereocenters.